The highest BCUT2D eigenvalue weighted by atomic mass is 35.5. The van der Waals surface area contributed by atoms with Gasteiger partial charge in [0.25, 0.3) is 5.91 Å². The minimum Gasteiger partial charge on any atom is -0.337 e. The van der Waals surface area contributed by atoms with E-state index in [1.165, 1.54) is 12.1 Å². The van der Waals surface area contributed by atoms with Gasteiger partial charge in [0, 0.05) is 24.2 Å². The molecular formula is C12H14ClFN2O. The fraction of sp³-hybridized carbons (Fsp3) is 0.417. The van der Waals surface area contributed by atoms with Crippen LogP contribution in [-0.4, -0.2) is 29.9 Å². The molecule has 0 saturated carbocycles. The quantitative estimate of drug-likeness (QED) is 0.836. The van der Waals surface area contributed by atoms with E-state index >= 15 is 0 Å². The topological polar surface area (TPSA) is 46.3 Å². The van der Waals surface area contributed by atoms with Crippen LogP contribution >= 0.6 is 11.6 Å². The van der Waals surface area contributed by atoms with Crippen molar-refractivity contribution in [3.8, 4) is 0 Å². The highest BCUT2D eigenvalue weighted by molar-refractivity contribution is 6.30. The van der Waals surface area contributed by atoms with E-state index in [9.17, 15) is 9.18 Å². The van der Waals surface area contributed by atoms with Crippen LogP contribution in [0.25, 0.3) is 0 Å². The first-order valence-corrected chi connectivity index (χ1v) is 5.95. The predicted molar refractivity (Wildman–Crippen MR) is 64.5 cm³/mol. The van der Waals surface area contributed by atoms with E-state index < -0.39 is 5.82 Å². The molecule has 3 nitrogen and oxygen atoms in total. The maximum atomic E-state index is 13.6. The van der Waals surface area contributed by atoms with Crippen molar-refractivity contribution in [1.29, 1.82) is 0 Å². The number of nitrogens with zero attached hydrogens (tertiary/aromatic N) is 1. The van der Waals surface area contributed by atoms with Crippen molar-refractivity contribution in [2.24, 2.45) is 5.73 Å². The van der Waals surface area contributed by atoms with Crippen molar-refractivity contribution in [3.05, 3.63) is 34.6 Å². The van der Waals surface area contributed by atoms with Gasteiger partial charge in [-0.2, -0.15) is 0 Å². The first kappa shape index (κ1) is 12.3. The molecule has 5 heteroatoms. The van der Waals surface area contributed by atoms with Crippen LogP contribution in [0.4, 0.5) is 4.39 Å². The van der Waals surface area contributed by atoms with Crippen LogP contribution in [0.2, 0.25) is 5.02 Å². The van der Waals surface area contributed by atoms with Crippen LogP contribution in [0.1, 0.15) is 23.2 Å². The number of nitrogens with two attached hydrogens (primary N) is 1. The van der Waals surface area contributed by atoms with Gasteiger partial charge in [-0.3, -0.25) is 4.79 Å². The van der Waals surface area contributed by atoms with E-state index in [-0.39, 0.29) is 22.5 Å². The zero-order chi connectivity index (χ0) is 12.4. The largest absolute Gasteiger partial charge is 0.337 e. The van der Waals surface area contributed by atoms with Gasteiger partial charge in [0.15, 0.2) is 0 Å². The zero-order valence-electron chi connectivity index (χ0n) is 9.33. The molecule has 1 aromatic carbocycles. The molecule has 1 fully saturated rings. The lowest BCUT2D eigenvalue weighted by Gasteiger charge is -2.30. The summed E-state index contributed by atoms with van der Waals surface area (Å²) in [5, 5.41) is 0.286. The van der Waals surface area contributed by atoms with Gasteiger partial charge in [-0.25, -0.2) is 4.39 Å². The molecular weight excluding hydrogens is 243 g/mol. The lowest BCUT2D eigenvalue weighted by atomic mass is 10.1. The smallest absolute Gasteiger partial charge is 0.256 e. The molecule has 17 heavy (non-hydrogen) atoms. The highest BCUT2D eigenvalue weighted by Gasteiger charge is 2.24. The summed E-state index contributed by atoms with van der Waals surface area (Å²) in [5.41, 5.74) is 5.85. The third-order valence-electron chi connectivity index (χ3n) is 2.91. The van der Waals surface area contributed by atoms with Crippen LogP contribution in [0.15, 0.2) is 18.2 Å². The molecule has 1 heterocycles. The molecule has 0 unspecified atom stereocenters. The lowest BCUT2D eigenvalue weighted by Crippen LogP contribution is -2.45. The average Bonchev–Trinajstić information content (AvgIpc) is 2.28. The maximum absolute atomic E-state index is 13.6. The predicted octanol–water partition coefficient (Wildman–Crippen LogP) is 2.04. The molecule has 0 aromatic heterocycles. The average molecular weight is 257 g/mol. The summed E-state index contributed by atoms with van der Waals surface area (Å²) in [5.74, 6) is -0.893. The number of carbonyl (C=O) groups excluding carboxylic acids is 1. The maximum Gasteiger partial charge on any atom is 0.256 e. The number of carbonyl (C=O) groups is 1. The Bertz CT molecular complexity index is 439. The van der Waals surface area contributed by atoms with Crippen molar-refractivity contribution in [2.75, 3.05) is 13.1 Å². The van der Waals surface area contributed by atoms with E-state index in [2.05, 4.69) is 0 Å². The Morgan fingerprint density at radius 1 is 1.53 bits per heavy atom. The minimum absolute atomic E-state index is 0.0111. The fourth-order valence-corrected chi connectivity index (χ4v) is 2.19. The summed E-state index contributed by atoms with van der Waals surface area (Å²) in [6.45, 7) is 1.12. The second-order valence-corrected chi connectivity index (χ2v) is 4.71. The van der Waals surface area contributed by atoms with Crippen LogP contribution < -0.4 is 5.73 Å². The normalized spacial score (nSPS) is 20.4. The highest BCUT2D eigenvalue weighted by Crippen LogP contribution is 2.18. The zero-order valence-corrected chi connectivity index (χ0v) is 10.1. The third-order valence-corrected chi connectivity index (χ3v) is 3.14. The van der Waals surface area contributed by atoms with Crippen LogP contribution in [0, 0.1) is 5.82 Å². The van der Waals surface area contributed by atoms with Crippen molar-refractivity contribution in [1.82, 2.24) is 4.90 Å². The van der Waals surface area contributed by atoms with Crippen LogP contribution in [0.3, 0.4) is 0 Å². The van der Waals surface area contributed by atoms with Gasteiger partial charge in [0.2, 0.25) is 0 Å². The van der Waals surface area contributed by atoms with Gasteiger partial charge in [-0.15, -0.1) is 0 Å². The Morgan fingerprint density at radius 2 is 2.29 bits per heavy atom. The third kappa shape index (κ3) is 2.76. The molecule has 2 N–H and O–H groups in total. The summed E-state index contributed by atoms with van der Waals surface area (Å²) in [7, 11) is 0. The van der Waals surface area contributed by atoms with Crippen molar-refractivity contribution < 1.29 is 9.18 Å². The number of hydrogen-bond acceptors (Lipinski definition) is 2. The molecule has 0 bridgehead atoms. The molecule has 0 aliphatic carbocycles. The number of amides is 1. The second-order valence-electron chi connectivity index (χ2n) is 4.28. The number of hydrogen-bond donors (Lipinski definition) is 1. The molecule has 1 aliphatic heterocycles. The SMILES string of the molecule is N[C@H]1CCCN(C(=O)c2ccc(Cl)cc2F)C1. The van der Waals surface area contributed by atoms with Crippen molar-refractivity contribution in [3.63, 3.8) is 0 Å². The summed E-state index contributed by atoms with van der Waals surface area (Å²) < 4.78 is 13.6. The molecule has 0 radical (unpaired) electrons. The van der Waals surface area contributed by atoms with Gasteiger partial charge >= 0.3 is 0 Å². The Balaban J connectivity index is 2.18. The van der Waals surface area contributed by atoms with Crippen molar-refractivity contribution >= 4 is 17.5 Å². The van der Waals surface area contributed by atoms with Gasteiger partial charge in [-0.05, 0) is 31.0 Å². The first-order valence-electron chi connectivity index (χ1n) is 5.58. The molecule has 2 rings (SSSR count). The number of rotatable bonds is 1. The Labute approximate surface area is 104 Å². The molecule has 1 aliphatic rings. The van der Waals surface area contributed by atoms with Crippen LogP contribution in [0.5, 0.6) is 0 Å². The summed E-state index contributed by atoms with van der Waals surface area (Å²) >= 11 is 5.65. The van der Waals surface area contributed by atoms with Gasteiger partial charge < -0.3 is 10.6 Å². The summed E-state index contributed by atoms with van der Waals surface area (Å²) in [4.78, 5) is 13.7. The molecule has 1 saturated heterocycles. The van der Waals surface area contributed by atoms with E-state index in [1.807, 2.05) is 0 Å². The first-order chi connectivity index (χ1) is 8.08. The van der Waals surface area contributed by atoms with Crippen LogP contribution in [-0.2, 0) is 0 Å². The summed E-state index contributed by atoms with van der Waals surface area (Å²) in [6, 6.07) is 4.07. The molecule has 1 atom stereocenters. The molecule has 92 valence electrons. The number of piperidine rings is 1. The van der Waals surface area contributed by atoms with E-state index in [1.54, 1.807) is 4.90 Å². The Kier molecular flexibility index (Phi) is 3.64. The van der Waals surface area contributed by atoms with Gasteiger partial charge in [0.05, 0.1) is 5.56 Å². The number of benzene rings is 1. The van der Waals surface area contributed by atoms with Gasteiger partial charge in [-0.1, -0.05) is 11.6 Å². The number of halogens is 2. The lowest BCUT2D eigenvalue weighted by molar-refractivity contribution is 0.0704. The van der Waals surface area contributed by atoms with E-state index in [0.29, 0.717) is 13.1 Å². The van der Waals surface area contributed by atoms with E-state index in [4.69, 9.17) is 17.3 Å². The molecule has 0 spiro atoms. The Hall–Kier alpha value is -1.13. The standard InChI is InChI=1S/C12H14ClFN2O/c13-8-3-4-10(11(14)6-8)12(17)16-5-1-2-9(15)7-16/h3-4,6,9H,1-2,5,7,15H2/t9-/m0/s1. The molecule has 1 aromatic rings. The van der Waals surface area contributed by atoms with Gasteiger partial charge in [0.1, 0.15) is 5.82 Å². The Morgan fingerprint density at radius 3 is 2.94 bits per heavy atom. The molecule has 1 amide bonds. The minimum atomic E-state index is -0.582. The van der Waals surface area contributed by atoms with E-state index in [0.717, 1.165) is 18.9 Å². The monoisotopic (exact) mass is 256 g/mol. The second kappa shape index (κ2) is 5.02. The summed E-state index contributed by atoms with van der Waals surface area (Å²) in [6.07, 6.45) is 1.77. The van der Waals surface area contributed by atoms with Crippen molar-refractivity contribution in [2.45, 2.75) is 18.9 Å². The fourth-order valence-electron chi connectivity index (χ4n) is 2.03. The number of likely N-dealkylation sites (tertiary alicyclic amines) is 1.